The molecule has 3 aromatic carbocycles. The summed E-state index contributed by atoms with van der Waals surface area (Å²) in [6.45, 7) is 4.64. The molecule has 5 fully saturated rings. The Bertz CT molecular complexity index is 3350. The predicted molar refractivity (Wildman–Crippen MR) is 330 cm³/mol. The quantitative estimate of drug-likeness (QED) is 0.0154. The minimum Gasteiger partial charge on any atom is -0.691 e. The fourth-order valence-corrected chi connectivity index (χ4v) is 13.6. The van der Waals surface area contributed by atoms with Gasteiger partial charge in [0.05, 0.1) is 36.9 Å². The van der Waals surface area contributed by atoms with Crippen LogP contribution in [-0.2, 0) is 42.9 Å². The number of nitrogens with one attached hydrogen (secondary N) is 5. The topological polar surface area (TPSA) is 474 Å². The standard InChI is InChI=1S/C60H78N12O20S2.Na/c1-29-27-72-48(49(29)79)56(86)62-26-37(74)23-39(63-52(82)31-8-10-32(11-9-31)57-67-68-58(93-57)33-12-15-36(16-13-33)70-20-18-69(19-21-70)35-6-4-3-5-7-35)53(83)64-45(30(2)73)59(87)71-28-38(75)24-40(71)54(84)66-47(55(85)65-46(60(72)88)42(77)25-44(61)78)51(81)50(80)34-14-17-41(76)43(22-34)90-94-92-91-89;/h8-17,22,29-30,35,37-40,42,45-51,73-77,79-81,89H,3-7,18-21,23-28H2,1-2H3,(H2,61,78)(H,62,86)(H,63,82)(H,64,83)(H,65,85)(H,66,84);/q;+1/p-1. The Morgan fingerprint density at radius 1 is 0.768 bits per heavy atom. The van der Waals surface area contributed by atoms with E-state index in [1.54, 1.807) is 12.1 Å². The number of aromatic nitrogens is 2. The number of fused-ring (bicyclic) bond motifs is 2. The van der Waals surface area contributed by atoms with E-state index in [1.165, 1.54) is 62.5 Å². The van der Waals surface area contributed by atoms with Gasteiger partial charge in [0, 0.05) is 93.0 Å². The molecule has 9 rings (SSSR count). The molecular weight excluding hydrogens is 1300 g/mol. The summed E-state index contributed by atoms with van der Waals surface area (Å²) in [6, 6.07) is 5.53. The summed E-state index contributed by atoms with van der Waals surface area (Å²) in [4.78, 5) is 120. The number of hydrogen-bond acceptors (Lipinski definition) is 26. The van der Waals surface area contributed by atoms with E-state index in [0.29, 0.717) is 21.6 Å². The Kier molecular flexibility index (Phi) is 26.1. The molecule has 14 unspecified atom stereocenters. The van der Waals surface area contributed by atoms with Crippen molar-refractivity contribution in [2.75, 3.05) is 50.7 Å². The molecule has 5 aliphatic rings. The van der Waals surface area contributed by atoms with Gasteiger partial charge in [-0.2, -0.15) is 0 Å². The molecule has 15 N–H and O–H groups in total. The average molecular weight is 1370 g/mol. The number of phenolic OH excluding ortho intramolecular Hbond substituents is 1. The number of hydrogen-bond donors (Lipinski definition) is 14. The number of rotatable bonds is 17. The maximum absolute atomic E-state index is 14.7. The number of carbonyl (C=O) groups is 8. The van der Waals surface area contributed by atoms with Gasteiger partial charge in [-0.3, -0.25) is 48.3 Å². The van der Waals surface area contributed by atoms with Crippen LogP contribution in [0.15, 0.2) is 66.7 Å². The van der Waals surface area contributed by atoms with Gasteiger partial charge in [0.2, 0.25) is 41.4 Å². The summed E-state index contributed by atoms with van der Waals surface area (Å²) >= 11 is 1.24. The average Bonchev–Trinajstić information content (AvgIpc) is 1.73. The number of phenols is 1. The predicted octanol–water partition coefficient (Wildman–Crippen LogP) is -6.48. The first kappa shape index (κ1) is 74.1. The SMILES string of the molecule is CC(O)C1NC(=O)C(NC(=O)c2ccc(-c3nnc(-c4ccc(N5CCN(C6CCCCC6)CC5)cc4)s3)cc2)CC(O)CNC(=O)C2C(O)C(C)CN2C(=O)C(C(O)CC(N)=O)NC(=O)C(C(O)C(O)c2ccc(O)c(OSOO[O-])c2)NC(=O)C2CC(O)CN2C1=O.[Na+]. The molecule has 1 aromatic heterocycles. The Morgan fingerprint density at radius 3 is 2.02 bits per heavy atom. The van der Waals surface area contributed by atoms with E-state index in [4.69, 9.17) is 9.92 Å². The van der Waals surface area contributed by atoms with Crippen LogP contribution in [0.25, 0.3) is 21.1 Å². The molecule has 8 amide bonds. The zero-order chi connectivity index (χ0) is 67.7. The number of β-amino-alcohol motifs (C(OH)–C–C–N with tert-alkyl or cyclic N) is 1. The van der Waals surface area contributed by atoms with Crippen LogP contribution < -0.4 is 76.2 Å². The van der Waals surface area contributed by atoms with Crippen LogP contribution in [0.1, 0.15) is 87.2 Å². The van der Waals surface area contributed by atoms with Gasteiger partial charge in [0.25, 0.3) is 18.2 Å². The van der Waals surface area contributed by atoms with E-state index in [-0.39, 0.29) is 53.0 Å². The molecule has 32 nitrogen and oxygen atoms in total. The number of aliphatic hydroxyl groups is 7. The minimum absolute atomic E-state index is 0. The van der Waals surface area contributed by atoms with Crippen molar-refractivity contribution in [2.45, 2.75) is 150 Å². The van der Waals surface area contributed by atoms with Gasteiger partial charge in [-0.15, -0.1) is 14.5 Å². The summed E-state index contributed by atoms with van der Waals surface area (Å²) in [5.41, 5.74) is 7.61. The molecular formula is C60H77N12NaO20S2. The molecule has 1 aliphatic carbocycles. The van der Waals surface area contributed by atoms with Gasteiger partial charge in [-0.05, 0) is 73.9 Å². The fourth-order valence-electron chi connectivity index (χ4n) is 12.5. The fraction of sp³-hybridized carbons (Fsp3) is 0.533. The Morgan fingerprint density at radius 2 is 1.39 bits per heavy atom. The molecule has 4 aromatic rings. The monoisotopic (exact) mass is 1370 g/mol. The van der Waals surface area contributed by atoms with Crippen LogP contribution in [0.2, 0.25) is 0 Å². The third kappa shape index (κ3) is 18.1. The summed E-state index contributed by atoms with van der Waals surface area (Å²) in [5, 5.41) is 126. The minimum atomic E-state index is -2.54. The smallest absolute Gasteiger partial charge is 0.691 e. The summed E-state index contributed by atoms with van der Waals surface area (Å²) < 4.78 is 9.06. The largest absolute Gasteiger partial charge is 1.00 e. The normalized spacial score (nSPS) is 26.9. The maximum Gasteiger partial charge on any atom is 1.00 e. The van der Waals surface area contributed by atoms with Crippen molar-refractivity contribution in [1.29, 1.82) is 0 Å². The van der Waals surface area contributed by atoms with Gasteiger partial charge < -0.3 is 97.3 Å². The molecule has 0 radical (unpaired) electrons. The summed E-state index contributed by atoms with van der Waals surface area (Å²) in [5.74, 6) is -11.9. The number of nitrogens with two attached hydrogens (primary N) is 1. The van der Waals surface area contributed by atoms with Crippen molar-refractivity contribution < 1.29 is 128 Å². The van der Waals surface area contributed by atoms with Gasteiger partial charge in [-0.1, -0.05) is 55.7 Å². The van der Waals surface area contributed by atoms with Crippen molar-refractivity contribution in [3.8, 4) is 32.6 Å². The third-order valence-electron chi connectivity index (χ3n) is 17.6. The molecule has 5 heterocycles. The van der Waals surface area contributed by atoms with Crippen molar-refractivity contribution >= 4 is 76.6 Å². The molecule has 510 valence electrons. The van der Waals surface area contributed by atoms with E-state index < -0.39 is 183 Å². The van der Waals surface area contributed by atoms with Crippen molar-refractivity contribution in [3.63, 3.8) is 0 Å². The van der Waals surface area contributed by atoms with Gasteiger partial charge in [-0.25, -0.2) is 0 Å². The summed E-state index contributed by atoms with van der Waals surface area (Å²) in [6.07, 6.45) is -9.71. The zero-order valence-electron chi connectivity index (χ0n) is 52.2. The van der Waals surface area contributed by atoms with Crippen LogP contribution in [0.3, 0.4) is 0 Å². The Labute approximate surface area is 575 Å². The molecule has 4 aliphatic heterocycles. The first-order valence-electron chi connectivity index (χ1n) is 30.7. The number of primary amides is 1. The van der Waals surface area contributed by atoms with E-state index >= 15 is 0 Å². The maximum atomic E-state index is 14.7. The second-order valence-corrected chi connectivity index (χ2v) is 25.6. The van der Waals surface area contributed by atoms with Crippen LogP contribution in [-0.4, -0.2) is 238 Å². The van der Waals surface area contributed by atoms with E-state index in [9.17, 15) is 84.5 Å². The zero-order valence-corrected chi connectivity index (χ0v) is 55.8. The molecule has 0 spiro atoms. The van der Waals surface area contributed by atoms with E-state index in [2.05, 4.69) is 68.1 Å². The first-order chi connectivity index (χ1) is 44.9. The molecule has 1 saturated carbocycles. The number of anilines is 1. The third-order valence-corrected chi connectivity index (χ3v) is 19.0. The number of amides is 8. The van der Waals surface area contributed by atoms with Crippen molar-refractivity contribution in [1.82, 2.24) is 51.5 Å². The number of piperazine rings is 1. The van der Waals surface area contributed by atoms with Crippen LogP contribution in [0.4, 0.5) is 5.69 Å². The van der Waals surface area contributed by atoms with Crippen LogP contribution in [0.5, 0.6) is 11.5 Å². The van der Waals surface area contributed by atoms with Crippen molar-refractivity contribution in [3.05, 3.63) is 77.9 Å². The molecule has 4 saturated heterocycles. The number of aliphatic hydroxyl groups excluding tert-OH is 7. The van der Waals surface area contributed by atoms with E-state index in [1.807, 2.05) is 12.1 Å². The van der Waals surface area contributed by atoms with Gasteiger partial charge in [0.1, 0.15) is 58.5 Å². The van der Waals surface area contributed by atoms with E-state index in [0.717, 1.165) is 72.4 Å². The molecule has 35 heteroatoms. The number of nitrogens with zero attached hydrogens (tertiary/aromatic N) is 6. The summed E-state index contributed by atoms with van der Waals surface area (Å²) in [7, 11) is 0. The second kappa shape index (κ2) is 33.5. The van der Waals surface area contributed by atoms with Crippen LogP contribution >= 0.6 is 23.7 Å². The number of carbonyl (C=O) groups excluding carboxylic acids is 8. The van der Waals surface area contributed by atoms with Gasteiger partial charge in [0.15, 0.2) is 11.5 Å². The van der Waals surface area contributed by atoms with Gasteiger partial charge >= 0.3 is 29.6 Å². The first-order valence-corrected chi connectivity index (χ1v) is 32.2. The van der Waals surface area contributed by atoms with Crippen molar-refractivity contribution in [2.24, 2.45) is 11.7 Å². The Hall–Kier alpha value is -6.71. The molecule has 14 atom stereocenters. The number of aromatic hydroxyl groups is 1. The number of benzene rings is 3. The molecule has 95 heavy (non-hydrogen) atoms. The molecule has 0 bridgehead atoms. The second-order valence-electron chi connectivity index (χ2n) is 24.2. The Balaban J connectivity index is 0.0000116. The van der Waals surface area contributed by atoms with Crippen LogP contribution in [0, 0.1) is 5.92 Å².